The molecule has 1 aromatic heterocycles. The molecule has 1 aliphatic rings. The summed E-state index contributed by atoms with van der Waals surface area (Å²) < 4.78 is 0. The third-order valence-corrected chi connectivity index (χ3v) is 3.40. The summed E-state index contributed by atoms with van der Waals surface area (Å²) in [5, 5.41) is 6.38. The van der Waals surface area contributed by atoms with Crippen molar-refractivity contribution in [3.63, 3.8) is 0 Å². The normalized spacial score (nSPS) is 14.4. The molecule has 21 heavy (non-hydrogen) atoms. The monoisotopic (exact) mass is 330 g/mol. The summed E-state index contributed by atoms with van der Waals surface area (Å²) in [6.07, 6.45) is 4.54. The summed E-state index contributed by atoms with van der Waals surface area (Å²) in [4.78, 5) is 20.5. The van der Waals surface area contributed by atoms with Gasteiger partial charge in [0, 0.05) is 19.0 Å². The molecular weight excluding hydrogens is 311 g/mol. The fraction of sp³-hybridized carbons (Fsp3) is 0.500. The van der Waals surface area contributed by atoms with E-state index in [0.29, 0.717) is 12.4 Å². The summed E-state index contributed by atoms with van der Waals surface area (Å²) in [5.74, 6) is 0.533. The van der Waals surface area contributed by atoms with Gasteiger partial charge in [-0.15, -0.1) is 12.4 Å². The van der Waals surface area contributed by atoms with Crippen LogP contribution in [0, 0.1) is 0 Å². The molecule has 0 aliphatic carbocycles. The molecule has 2 N–H and O–H groups in total. The van der Waals surface area contributed by atoms with Crippen LogP contribution >= 0.6 is 24.0 Å². The van der Waals surface area contributed by atoms with Crippen molar-refractivity contribution in [2.75, 3.05) is 19.6 Å². The molecule has 0 saturated heterocycles. The lowest BCUT2D eigenvalue weighted by Crippen LogP contribution is -2.30. The number of halogens is 2. The minimum Gasteiger partial charge on any atom is -0.347 e. The van der Waals surface area contributed by atoms with Gasteiger partial charge in [0.25, 0.3) is 5.91 Å². The quantitative estimate of drug-likeness (QED) is 0.831. The third kappa shape index (κ3) is 4.95. The highest BCUT2D eigenvalue weighted by Crippen LogP contribution is 2.16. The molecule has 1 aromatic rings. The van der Waals surface area contributed by atoms with Gasteiger partial charge in [-0.3, -0.25) is 4.79 Å². The average Bonchev–Trinajstić information content (AvgIpc) is 2.46. The molecule has 0 radical (unpaired) electrons. The molecule has 0 fully saturated rings. The SMILES string of the molecule is CC(C)c1ncc(Cl)c(C(=O)NCC2=CCNCC2)n1.Cl. The van der Waals surface area contributed by atoms with Crippen molar-refractivity contribution in [2.45, 2.75) is 26.2 Å². The van der Waals surface area contributed by atoms with Crippen LogP contribution < -0.4 is 10.6 Å². The highest BCUT2D eigenvalue weighted by atomic mass is 35.5. The van der Waals surface area contributed by atoms with Crippen LogP contribution in [0.25, 0.3) is 0 Å². The molecule has 1 aliphatic heterocycles. The predicted molar refractivity (Wildman–Crippen MR) is 86.3 cm³/mol. The van der Waals surface area contributed by atoms with E-state index in [1.807, 2.05) is 13.8 Å². The summed E-state index contributed by atoms with van der Waals surface area (Å²) in [6.45, 7) is 6.30. The number of hydrogen-bond acceptors (Lipinski definition) is 4. The number of rotatable bonds is 4. The lowest BCUT2D eigenvalue weighted by Gasteiger charge is -2.15. The Hall–Kier alpha value is -1.17. The number of amides is 1. The van der Waals surface area contributed by atoms with Gasteiger partial charge in [0.2, 0.25) is 0 Å². The lowest BCUT2D eigenvalue weighted by atomic mass is 10.1. The van der Waals surface area contributed by atoms with Crippen molar-refractivity contribution in [3.05, 3.63) is 34.4 Å². The first-order chi connectivity index (χ1) is 9.58. The Kier molecular flexibility index (Phi) is 7.08. The Morgan fingerprint density at radius 1 is 1.52 bits per heavy atom. The van der Waals surface area contributed by atoms with Crippen molar-refractivity contribution in [2.24, 2.45) is 0 Å². The van der Waals surface area contributed by atoms with Gasteiger partial charge in [0.05, 0.1) is 11.2 Å². The van der Waals surface area contributed by atoms with Crippen LogP contribution in [0.5, 0.6) is 0 Å². The Labute approximate surface area is 136 Å². The van der Waals surface area contributed by atoms with E-state index in [-0.39, 0.29) is 34.9 Å². The predicted octanol–water partition coefficient (Wildman–Crippen LogP) is 2.32. The smallest absolute Gasteiger partial charge is 0.271 e. The molecule has 7 heteroatoms. The highest BCUT2D eigenvalue weighted by Gasteiger charge is 2.15. The van der Waals surface area contributed by atoms with Crippen molar-refractivity contribution in [3.8, 4) is 0 Å². The number of carbonyl (C=O) groups excluding carboxylic acids is 1. The third-order valence-electron chi connectivity index (χ3n) is 3.13. The lowest BCUT2D eigenvalue weighted by molar-refractivity contribution is 0.0951. The summed E-state index contributed by atoms with van der Waals surface area (Å²) in [7, 11) is 0. The first-order valence-electron chi connectivity index (χ1n) is 6.77. The van der Waals surface area contributed by atoms with Crippen molar-refractivity contribution in [1.82, 2.24) is 20.6 Å². The molecule has 0 atom stereocenters. The van der Waals surface area contributed by atoms with Crippen LogP contribution in [0.1, 0.15) is 42.5 Å². The van der Waals surface area contributed by atoms with Crippen molar-refractivity contribution in [1.29, 1.82) is 0 Å². The standard InChI is InChI=1S/C14H19ClN4O.ClH/c1-9(2)13-17-8-11(15)12(19-13)14(20)18-7-10-3-5-16-6-4-10;/h3,8-9,16H,4-7H2,1-2H3,(H,18,20);1H. The molecule has 2 rings (SSSR count). The van der Waals surface area contributed by atoms with Gasteiger partial charge in [-0.25, -0.2) is 9.97 Å². The first kappa shape index (κ1) is 17.9. The van der Waals surface area contributed by atoms with Crippen LogP contribution in [0.2, 0.25) is 5.02 Å². The van der Waals surface area contributed by atoms with Gasteiger partial charge in [-0.2, -0.15) is 0 Å². The second-order valence-corrected chi connectivity index (χ2v) is 5.49. The summed E-state index contributed by atoms with van der Waals surface area (Å²) in [6, 6.07) is 0. The van der Waals surface area contributed by atoms with Crippen LogP contribution in [0.4, 0.5) is 0 Å². The Morgan fingerprint density at radius 3 is 2.90 bits per heavy atom. The van der Waals surface area contributed by atoms with Crippen molar-refractivity contribution < 1.29 is 4.79 Å². The van der Waals surface area contributed by atoms with E-state index in [1.165, 1.54) is 11.8 Å². The average molecular weight is 331 g/mol. The van der Waals surface area contributed by atoms with Gasteiger partial charge < -0.3 is 10.6 Å². The van der Waals surface area contributed by atoms with Crippen LogP contribution in [-0.2, 0) is 0 Å². The fourth-order valence-electron chi connectivity index (χ4n) is 1.93. The zero-order chi connectivity index (χ0) is 14.5. The minimum absolute atomic E-state index is 0. The molecular formula is C14H20Cl2N4O. The number of nitrogens with one attached hydrogen (secondary N) is 2. The zero-order valence-electron chi connectivity index (χ0n) is 12.1. The molecule has 0 aromatic carbocycles. The Balaban J connectivity index is 0.00000220. The molecule has 5 nitrogen and oxygen atoms in total. The molecule has 2 heterocycles. The van der Waals surface area contributed by atoms with E-state index in [4.69, 9.17) is 11.6 Å². The van der Waals surface area contributed by atoms with E-state index in [1.54, 1.807) is 0 Å². The van der Waals surface area contributed by atoms with Gasteiger partial charge in [-0.1, -0.05) is 37.1 Å². The topological polar surface area (TPSA) is 66.9 Å². The maximum absolute atomic E-state index is 12.2. The van der Waals surface area contributed by atoms with Crippen LogP contribution in [-0.4, -0.2) is 35.5 Å². The molecule has 0 bridgehead atoms. The largest absolute Gasteiger partial charge is 0.347 e. The van der Waals surface area contributed by atoms with Gasteiger partial charge in [0.1, 0.15) is 11.5 Å². The second kappa shape index (κ2) is 8.32. The number of nitrogens with zero attached hydrogens (tertiary/aromatic N) is 2. The van der Waals surface area contributed by atoms with Gasteiger partial charge in [-0.05, 0) is 13.0 Å². The Morgan fingerprint density at radius 2 is 2.29 bits per heavy atom. The summed E-state index contributed by atoms with van der Waals surface area (Å²) >= 11 is 6.01. The zero-order valence-corrected chi connectivity index (χ0v) is 13.7. The second-order valence-electron chi connectivity index (χ2n) is 5.08. The fourth-order valence-corrected chi connectivity index (χ4v) is 2.10. The maximum atomic E-state index is 12.2. The van der Waals surface area contributed by atoms with Crippen LogP contribution in [0.3, 0.4) is 0 Å². The molecule has 0 spiro atoms. The first-order valence-corrected chi connectivity index (χ1v) is 7.15. The Bertz CT molecular complexity index is 532. The number of carbonyl (C=O) groups is 1. The number of aromatic nitrogens is 2. The molecule has 0 unspecified atom stereocenters. The molecule has 1 amide bonds. The van der Waals surface area contributed by atoms with Gasteiger partial charge in [0.15, 0.2) is 0 Å². The van der Waals surface area contributed by atoms with E-state index in [0.717, 1.165) is 19.5 Å². The van der Waals surface area contributed by atoms with E-state index >= 15 is 0 Å². The van der Waals surface area contributed by atoms with E-state index in [2.05, 4.69) is 26.7 Å². The minimum atomic E-state index is -0.251. The number of hydrogen-bond donors (Lipinski definition) is 2. The van der Waals surface area contributed by atoms with Crippen molar-refractivity contribution >= 4 is 29.9 Å². The molecule has 0 saturated carbocycles. The van der Waals surface area contributed by atoms with E-state index in [9.17, 15) is 4.79 Å². The summed E-state index contributed by atoms with van der Waals surface area (Å²) in [5.41, 5.74) is 1.48. The van der Waals surface area contributed by atoms with E-state index < -0.39 is 0 Å². The maximum Gasteiger partial charge on any atom is 0.271 e. The molecule has 116 valence electrons. The van der Waals surface area contributed by atoms with Gasteiger partial charge >= 0.3 is 0 Å². The van der Waals surface area contributed by atoms with Crippen LogP contribution in [0.15, 0.2) is 17.8 Å². The highest BCUT2D eigenvalue weighted by molar-refractivity contribution is 6.33.